The van der Waals surface area contributed by atoms with Crippen LogP contribution in [0.4, 0.5) is 0 Å². The Kier molecular flexibility index (Phi) is 8.33. The minimum atomic E-state index is -1.13. The maximum absolute atomic E-state index is 13.2. The first-order chi connectivity index (χ1) is 17.4. The Morgan fingerprint density at radius 1 is 1.19 bits per heavy atom. The van der Waals surface area contributed by atoms with E-state index in [9.17, 15) is 9.90 Å². The van der Waals surface area contributed by atoms with Crippen LogP contribution in [0.5, 0.6) is 0 Å². The van der Waals surface area contributed by atoms with Gasteiger partial charge < -0.3 is 21.9 Å². The van der Waals surface area contributed by atoms with Gasteiger partial charge in [0.2, 0.25) is 5.91 Å². The fourth-order valence-electron chi connectivity index (χ4n) is 4.37. The van der Waals surface area contributed by atoms with Crippen LogP contribution in [0.25, 0.3) is 0 Å². The van der Waals surface area contributed by atoms with Crippen molar-refractivity contribution in [2.24, 2.45) is 11.5 Å². The number of rotatable bonds is 11. The number of nitrogens with two attached hydrogens (primary N) is 2. The average Bonchev–Trinajstić information content (AvgIpc) is 3.57. The van der Waals surface area contributed by atoms with E-state index in [0.717, 1.165) is 17.5 Å². The number of amidine groups is 1. The topological polar surface area (TPSA) is 195 Å². The number of aliphatic hydroxyl groups is 1. The largest absolute Gasteiger partial charge is 0.384 e. The maximum Gasteiger partial charge on any atom is 0.237 e. The van der Waals surface area contributed by atoms with E-state index in [2.05, 4.69) is 31.3 Å². The summed E-state index contributed by atoms with van der Waals surface area (Å²) in [4.78, 5) is 14.9. The molecule has 9 N–H and O–H groups in total. The number of hydrogen-bond donors (Lipinski definition) is 7. The number of carbonyl (C=O) groups excluding carboxylic acids is 1. The third-order valence-corrected chi connectivity index (χ3v) is 6.36. The van der Waals surface area contributed by atoms with Gasteiger partial charge in [-0.1, -0.05) is 59.8 Å². The van der Waals surface area contributed by atoms with Gasteiger partial charge in [0.15, 0.2) is 12.2 Å². The zero-order valence-corrected chi connectivity index (χ0v) is 19.8. The number of nitrogens with one attached hydrogen (secondary N) is 4. The van der Waals surface area contributed by atoms with E-state index in [0.29, 0.717) is 37.3 Å². The highest BCUT2D eigenvalue weighted by Gasteiger charge is 2.42. The third-order valence-electron chi connectivity index (χ3n) is 6.36. The number of hydrogen-bond acceptors (Lipinski definition) is 9. The molecule has 12 heteroatoms. The van der Waals surface area contributed by atoms with Crippen molar-refractivity contribution in [1.82, 2.24) is 36.2 Å². The van der Waals surface area contributed by atoms with Crippen LogP contribution in [-0.4, -0.2) is 67.5 Å². The smallest absolute Gasteiger partial charge is 0.237 e. The van der Waals surface area contributed by atoms with Gasteiger partial charge in [-0.2, -0.15) is 5.21 Å². The number of benzene rings is 2. The van der Waals surface area contributed by atoms with Crippen molar-refractivity contribution in [1.29, 1.82) is 5.41 Å². The van der Waals surface area contributed by atoms with Gasteiger partial charge in [0.05, 0.1) is 12.2 Å². The average molecular weight is 493 g/mol. The Morgan fingerprint density at radius 3 is 2.61 bits per heavy atom. The SMILES string of the molecule is N=C(N)c1ccc(CNC(=O)[C@@H]2C[C@H](c3nn[nH]n3)CN2C(O)N[C@H](N)CCc2ccccc2)cc1. The number of carbonyl (C=O) groups is 1. The van der Waals surface area contributed by atoms with Crippen molar-refractivity contribution in [3.05, 3.63) is 77.1 Å². The number of aryl methyl sites for hydroxylation is 1. The van der Waals surface area contributed by atoms with Crippen molar-refractivity contribution in [2.75, 3.05) is 6.54 Å². The standard InChI is InChI=1S/C24H32N10O2/c25-20(11-8-15-4-2-1-3-5-15)29-24(36)34-14-18(22-30-32-33-31-22)12-19(34)23(35)28-13-16-6-9-17(10-7-16)21(26)27/h1-7,9-10,18-20,24,29,36H,8,11-14,25H2,(H3,26,27)(H,28,35)(H,30,31,32,33)/t18-,19-,20-,24?/m0/s1. The molecule has 0 aliphatic carbocycles. The number of aliphatic hydroxyl groups excluding tert-OH is 1. The highest BCUT2D eigenvalue weighted by molar-refractivity contribution is 5.94. The molecule has 1 saturated heterocycles. The molecule has 4 atom stereocenters. The number of aromatic nitrogens is 4. The minimum Gasteiger partial charge on any atom is -0.384 e. The van der Waals surface area contributed by atoms with Crippen LogP contribution < -0.4 is 22.1 Å². The number of aromatic amines is 1. The van der Waals surface area contributed by atoms with Crippen molar-refractivity contribution in [3.8, 4) is 0 Å². The molecule has 0 radical (unpaired) electrons. The summed E-state index contributed by atoms with van der Waals surface area (Å²) in [5, 5.41) is 38.6. The lowest BCUT2D eigenvalue weighted by Gasteiger charge is -2.31. The highest BCUT2D eigenvalue weighted by Crippen LogP contribution is 2.30. The van der Waals surface area contributed by atoms with Gasteiger partial charge >= 0.3 is 0 Å². The lowest BCUT2D eigenvalue weighted by atomic mass is 10.0. The molecule has 190 valence electrons. The molecule has 1 unspecified atom stereocenters. The summed E-state index contributed by atoms with van der Waals surface area (Å²) < 4.78 is 0. The Balaban J connectivity index is 1.38. The predicted octanol–water partition coefficient (Wildman–Crippen LogP) is -0.259. The molecular weight excluding hydrogens is 460 g/mol. The van der Waals surface area contributed by atoms with E-state index in [4.69, 9.17) is 16.9 Å². The molecule has 0 saturated carbocycles. The molecule has 4 rings (SSSR count). The molecule has 36 heavy (non-hydrogen) atoms. The quantitative estimate of drug-likeness (QED) is 0.107. The van der Waals surface area contributed by atoms with Gasteiger partial charge in [0.1, 0.15) is 5.84 Å². The first-order valence-electron chi connectivity index (χ1n) is 11.8. The van der Waals surface area contributed by atoms with Crippen LogP contribution in [0.1, 0.15) is 41.3 Å². The summed E-state index contributed by atoms with van der Waals surface area (Å²) in [7, 11) is 0. The fourth-order valence-corrected chi connectivity index (χ4v) is 4.37. The van der Waals surface area contributed by atoms with Gasteiger partial charge in [-0.3, -0.25) is 20.4 Å². The van der Waals surface area contributed by atoms with Crippen LogP contribution in [-0.2, 0) is 17.8 Å². The molecule has 2 aromatic carbocycles. The normalized spacial score (nSPS) is 19.6. The van der Waals surface area contributed by atoms with E-state index < -0.39 is 18.6 Å². The molecule has 2 heterocycles. The second-order valence-electron chi connectivity index (χ2n) is 8.91. The third kappa shape index (κ3) is 6.49. The van der Waals surface area contributed by atoms with Crippen LogP contribution in [0, 0.1) is 5.41 Å². The number of likely N-dealkylation sites (tertiary alicyclic amines) is 1. The predicted molar refractivity (Wildman–Crippen MR) is 133 cm³/mol. The summed E-state index contributed by atoms with van der Waals surface area (Å²) in [6.07, 6.45) is 0.217. The maximum atomic E-state index is 13.2. The van der Waals surface area contributed by atoms with Gasteiger partial charge in [0, 0.05) is 24.6 Å². The lowest BCUT2D eigenvalue weighted by Crippen LogP contribution is -2.57. The van der Waals surface area contributed by atoms with E-state index in [-0.39, 0.29) is 17.7 Å². The van der Waals surface area contributed by atoms with Crippen molar-refractivity contribution >= 4 is 11.7 Å². The minimum absolute atomic E-state index is 0.0110. The molecule has 0 bridgehead atoms. The van der Waals surface area contributed by atoms with E-state index in [1.165, 1.54) is 0 Å². The van der Waals surface area contributed by atoms with Crippen LogP contribution in [0.15, 0.2) is 54.6 Å². The summed E-state index contributed by atoms with van der Waals surface area (Å²) in [5.41, 5.74) is 14.4. The fraction of sp³-hybridized carbons (Fsp3) is 0.375. The molecule has 1 fully saturated rings. The highest BCUT2D eigenvalue weighted by atomic mass is 16.3. The number of amides is 1. The summed E-state index contributed by atoms with van der Waals surface area (Å²) >= 11 is 0. The van der Waals surface area contributed by atoms with E-state index in [1.54, 1.807) is 17.0 Å². The second kappa shape index (κ2) is 11.8. The molecule has 1 aliphatic heterocycles. The van der Waals surface area contributed by atoms with Gasteiger partial charge in [0.25, 0.3) is 0 Å². The molecule has 1 aromatic heterocycles. The van der Waals surface area contributed by atoms with Crippen molar-refractivity contribution < 1.29 is 9.90 Å². The van der Waals surface area contributed by atoms with Gasteiger partial charge in [-0.25, -0.2) is 0 Å². The number of nitrogens with zero attached hydrogens (tertiary/aromatic N) is 4. The zero-order chi connectivity index (χ0) is 25.5. The monoisotopic (exact) mass is 492 g/mol. The van der Waals surface area contributed by atoms with Crippen molar-refractivity contribution in [2.45, 2.75) is 50.3 Å². The Morgan fingerprint density at radius 2 is 1.94 bits per heavy atom. The van der Waals surface area contributed by atoms with Gasteiger partial charge in [-0.05, 0) is 30.4 Å². The van der Waals surface area contributed by atoms with E-state index >= 15 is 0 Å². The molecule has 1 aliphatic rings. The number of nitrogen functional groups attached to an aromatic ring is 1. The summed E-state index contributed by atoms with van der Waals surface area (Å²) in [5.74, 6) is 0.0838. The van der Waals surface area contributed by atoms with Crippen LogP contribution in [0.2, 0.25) is 0 Å². The lowest BCUT2D eigenvalue weighted by molar-refractivity contribution is -0.131. The Labute approximate surface area is 209 Å². The number of H-pyrrole nitrogens is 1. The molecule has 12 nitrogen and oxygen atoms in total. The second-order valence-corrected chi connectivity index (χ2v) is 8.91. The van der Waals surface area contributed by atoms with Crippen LogP contribution in [0.3, 0.4) is 0 Å². The molecule has 0 spiro atoms. The summed E-state index contributed by atoms with van der Waals surface area (Å²) in [6.45, 7) is 0.666. The van der Waals surface area contributed by atoms with Gasteiger partial charge in [-0.15, -0.1) is 10.2 Å². The summed E-state index contributed by atoms with van der Waals surface area (Å²) in [6, 6.07) is 16.5. The Hall–Kier alpha value is -3.71. The van der Waals surface area contributed by atoms with Crippen LogP contribution >= 0.6 is 0 Å². The molecular formula is C24H32N10O2. The van der Waals surface area contributed by atoms with Crippen molar-refractivity contribution in [3.63, 3.8) is 0 Å². The molecule has 1 amide bonds. The molecule has 3 aromatic rings. The zero-order valence-electron chi connectivity index (χ0n) is 19.8. The first-order valence-corrected chi connectivity index (χ1v) is 11.8. The van der Waals surface area contributed by atoms with E-state index in [1.807, 2.05) is 42.5 Å². The first kappa shape index (κ1) is 25.4. The number of tetrazole rings is 1. The Bertz CT molecular complexity index is 1120.